The van der Waals surface area contributed by atoms with Crippen molar-refractivity contribution in [1.82, 2.24) is 0 Å². The van der Waals surface area contributed by atoms with Gasteiger partial charge in [-0.15, -0.1) is 0 Å². The molecule has 5 heteroatoms. The summed E-state index contributed by atoms with van der Waals surface area (Å²) in [6.45, 7) is 3.74. The van der Waals surface area contributed by atoms with Crippen LogP contribution in [-0.4, -0.2) is 16.1 Å². The summed E-state index contributed by atoms with van der Waals surface area (Å²) in [7, 11) is 0. The fraction of sp³-hybridized carbons (Fsp3) is 0.455. The fourth-order valence-corrected chi connectivity index (χ4v) is 2.65. The van der Waals surface area contributed by atoms with Gasteiger partial charge in [-0.1, -0.05) is 13.0 Å². The van der Waals surface area contributed by atoms with E-state index in [1.165, 1.54) is 6.07 Å². The minimum absolute atomic E-state index is 0.0349. The van der Waals surface area contributed by atoms with Crippen molar-refractivity contribution in [3.63, 3.8) is 0 Å². The summed E-state index contributed by atoms with van der Waals surface area (Å²) in [6.07, 6.45) is 0.367. The van der Waals surface area contributed by atoms with Crippen LogP contribution in [0, 0.1) is 13.7 Å². The lowest BCUT2D eigenvalue weighted by Crippen LogP contribution is -2.15. The normalized spacial score (nSPS) is 14.5. The van der Waals surface area contributed by atoms with Crippen LogP contribution in [0.3, 0.4) is 0 Å². The highest BCUT2D eigenvalue weighted by Gasteiger charge is 2.19. The highest BCUT2D eigenvalue weighted by Crippen LogP contribution is 2.30. The molecule has 0 heterocycles. The number of aliphatic hydroxyl groups excluding tert-OH is 1. The Kier molecular flexibility index (Phi) is 4.67. The monoisotopic (exact) mass is 335 g/mol. The van der Waals surface area contributed by atoms with Crippen molar-refractivity contribution in [2.24, 2.45) is 0 Å². The van der Waals surface area contributed by atoms with E-state index < -0.39 is 11.0 Å². The van der Waals surface area contributed by atoms with Gasteiger partial charge in [0, 0.05) is 21.6 Å². The van der Waals surface area contributed by atoms with Crippen molar-refractivity contribution in [2.45, 2.75) is 32.3 Å². The standard InChI is InChI=1S/C11H14INO3/c1-3-9(7(2)14)10-5-4-8(13(15)16)6-11(10)12/h4-7,9,14H,3H2,1-2H3. The second-order valence-corrected chi connectivity index (χ2v) is 4.88. The maximum Gasteiger partial charge on any atom is 0.270 e. The highest BCUT2D eigenvalue weighted by molar-refractivity contribution is 14.1. The molecule has 0 aliphatic heterocycles. The van der Waals surface area contributed by atoms with Crippen LogP contribution >= 0.6 is 22.6 Å². The molecule has 0 aliphatic carbocycles. The number of non-ortho nitro benzene ring substituents is 1. The van der Waals surface area contributed by atoms with Gasteiger partial charge in [-0.3, -0.25) is 10.1 Å². The van der Waals surface area contributed by atoms with Crippen LogP contribution < -0.4 is 0 Å². The quantitative estimate of drug-likeness (QED) is 0.523. The van der Waals surface area contributed by atoms with Crippen molar-refractivity contribution in [3.8, 4) is 0 Å². The van der Waals surface area contributed by atoms with E-state index in [-0.39, 0.29) is 11.6 Å². The summed E-state index contributed by atoms with van der Waals surface area (Å²) in [5.41, 5.74) is 1.07. The molecule has 0 aromatic heterocycles. The van der Waals surface area contributed by atoms with Crippen LogP contribution in [0.25, 0.3) is 0 Å². The number of rotatable bonds is 4. The Bertz CT molecular complexity index is 393. The molecular weight excluding hydrogens is 321 g/mol. The Morgan fingerprint density at radius 2 is 2.19 bits per heavy atom. The predicted octanol–water partition coefficient (Wildman–Crippen LogP) is 3.07. The van der Waals surface area contributed by atoms with E-state index in [0.717, 1.165) is 15.6 Å². The summed E-state index contributed by atoms with van der Waals surface area (Å²) < 4.78 is 0.833. The van der Waals surface area contributed by atoms with Gasteiger partial charge in [0.15, 0.2) is 0 Å². The summed E-state index contributed by atoms with van der Waals surface area (Å²) in [5.74, 6) is 0.0349. The SMILES string of the molecule is CCC(c1ccc([N+](=O)[O-])cc1I)C(C)O. The topological polar surface area (TPSA) is 63.4 Å². The maximum atomic E-state index is 10.6. The van der Waals surface area contributed by atoms with Crippen molar-refractivity contribution < 1.29 is 10.0 Å². The molecule has 0 bridgehead atoms. The predicted molar refractivity (Wildman–Crippen MR) is 70.5 cm³/mol. The van der Waals surface area contributed by atoms with Gasteiger partial charge >= 0.3 is 0 Å². The molecule has 16 heavy (non-hydrogen) atoms. The molecule has 1 rings (SSSR count). The van der Waals surface area contributed by atoms with Crippen LogP contribution in [0.1, 0.15) is 31.7 Å². The third-order valence-corrected chi connectivity index (χ3v) is 3.55. The third kappa shape index (κ3) is 2.91. The number of nitro groups is 1. The van der Waals surface area contributed by atoms with Crippen LogP contribution in [0.5, 0.6) is 0 Å². The number of nitro benzene ring substituents is 1. The molecule has 0 aliphatic rings. The lowest BCUT2D eigenvalue weighted by molar-refractivity contribution is -0.385. The van der Waals surface area contributed by atoms with E-state index in [1.54, 1.807) is 19.1 Å². The Hall–Kier alpha value is -0.690. The van der Waals surface area contributed by atoms with Crippen LogP contribution in [0.15, 0.2) is 18.2 Å². The first-order valence-corrected chi connectivity index (χ1v) is 6.17. The number of nitrogens with zero attached hydrogens (tertiary/aromatic N) is 1. The molecular formula is C11H14INO3. The van der Waals surface area contributed by atoms with Crippen molar-refractivity contribution >= 4 is 28.3 Å². The molecule has 0 spiro atoms. The average molecular weight is 335 g/mol. The van der Waals surface area contributed by atoms with E-state index in [9.17, 15) is 15.2 Å². The van der Waals surface area contributed by atoms with Gasteiger partial charge in [-0.2, -0.15) is 0 Å². The minimum atomic E-state index is -0.444. The summed E-state index contributed by atoms with van der Waals surface area (Å²) in [5, 5.41) is 20.2. The summed E-state index contributed by atoms with van der Waals surface area (Å²) in [6, 6.07) is 4.77. The molecule has 0 amide bonds. The van der Waals surface area contributed by atoms with E-state index in [4.69, 9.17) is 0 Å². The van der Waals surface area contributed by atoms with Crippen LogP contribution in [0.2, 0.25) is 0 Å². The maximum absolute atomic E-state index is 10.6. The number of hydrogen-bond acceptors (Lipinski definition) is 3. The number of hydrogen-bond donors (Lipinski definition) is 1. The molecule has 0 radical (unpaired) electrons. The fourth-order valence-electron chi connectivity index (χ4n) is 1.75. The first-order chi connectivity index (χ1) is 7.47. The first-order valence-electron chi connectivity index (χ1n) is 5.09. The largest absolute Gasteiger partial charge is 0.393 e. The molecule has 1 aromatic carbocycles. The van der Waals surface area contributed by atoms with Gasteiger partial charge in [0.05, 0.1) is 11.0 Å². The van der Waals surface area contributed by atoms with Gasteiger partial charge in [-0.25, -0.2) is 0 Å². The lowest BCUT2D eigenvalue weighted by atomic mass is 9.92. The van der Waals surface area contributed by atoms with Gasteiger partial charge in [0.25, 0.3) is 5.69 Å². The smallest absolute Gasteiger partial charge is 0.270 e. The second-order valence-electron chi connectivity index (χ2n) is 3.72. The minimum Gasteiger partial charge on any atom is -0.393 e. The zero-order valence-corrected chi connectivity index (χ0v) is 11.3. The summed E-state index contributed by atoms with van der Waals surface area (Å²) >= 11 is 2.08. The van der Waals surface area contributed by atoms with E-state index >= 15 is 0 Å². The van der Waals surface area contributed by atoms with Crippen molar-refractivity contribution in [3.05, 3.63) is 37.4 Å². The van der Waals surface area contributed by atoms with E-state index in [0.29, 0.717) is 0 Å². The first kappa shape index (κ1) is 13.4. The van der Waals surface area contributed by atoms with Gasteiger partial charge in [-0.05, 0) is 41.5 Å². The second kappa shape index (κ2) is 5.58. The Labute approximate surface area is 108 Å². The molecule has 2 atom stereocenters. The van der Waals surface area contributed by atoms with Crippen molar-refractivity contribution in [1.29, 1.82) is 0 Å². The highest BCUT2D eigenvalue weighted by atomic mass is 127. The van der Waals surface area contributed by atoms with Gasteiger partial charge < -0.3 is 5.11 Å². The molecule has 0 saturated carbocycles. The molecule has 0 saturated heterocycles. The molecule has 1 aromatic rings. The zero-order chi connectivity index (χ0) is 12.3. The summed E-state index contributed by atoms with van der Waals surface area (Å²) in [4.78, 5) is 10.2. The number of aliphatic hydroxyl groups is 1. The van der Waals surface area contributed by atoms with E-state index in [2.05, 4.69) is 22.6 Å². The molecule has 88 valence electrons. The van der Waals surface area contributed by atoms with Gasteiger partial charge in [0.2, 0.25) is 0 Å². The van der Waals surface area contributed by atoms with Gasteiger partial charge in [0.1, 0.15) is 0 Å². The molecule has 0 fully saturated rings. The Morgan fingerprint density at radius 1 is 1.56 bits per heavy atom. The average Bonchev–Trinajstić information content (AvgIpc) is 2.20. The van der Waals surface area contributed by atoms with Crippen LogP contribution in [-0.2, 0) is 0 Å². The zero-order valence-electron chi connectivity index (χ0n) is 9.18. The van der Waals surface area contributed by atoms with Crippen molar-refractivity contribution in [2.75, 3.05) is 0 Å². The Morgan fingerprint density at radius 3 is 2.56 bits per heavy atom. The van der Waals surface area contributed by atoms with E-state index in [1.807, 2.05) is 6.92 Å². The third-order valence-electron chi connectivity index (χ3n) is 2.62. The molecule has 1 N–H and O–H groups in total. The molecule has 2 unspecified atom stereocenters. The number of benzene rings is 1. The molecule has 4 nitrogen and oxygen atoms in total. The lowest BCUT2D eigenvalue weighted by Gasteiger charge is -2.19. The number of halogens is 1. The van der Waals surface area contributed by atoms with Crippen LogP contribution in [0.4, 0.5) is 5.69 Å². The Balaban J connectivity index is 3.11.